The highest BCUT2D eigenvalue weighted by Gasteiger charge is 2.16. The smallest absolute Gasteiger partial charge is 0.261 e. The van der Waals surface area contributed by atoms with Crippen LogP contribution >= 0.6 is 11.3 Å². The largest absolute Gasteiger partial charge is 0.486 e. The summed E-state index contributed by atoms with van der Waals surface area (Å²) in [5.74, 6) is 1.28. The lowest BCUT2D eigenvalue weighted by Crippen LogP contribution is -2.27. The number of rotatable bonds is 5. The van der Waals surface area contributed by atoms with E-state index in [1.54, 1.807) is 6.07 Å². The second kappa shape index (κ2) is 8.04. The summed E-state index contributed by atoms with van der Waals surface area (Å²) in [6, 6.07) is 17.1. The minimum absolute atomic E-state index is 0.166. The van der Waals surface area contributed by atoms with Crippen molar-refractivity contribution in [1.82, 2.24) is 5.32 Å². The molecule has 28 heavy (non-hydrogen) atoms. The third-order valence-corrected chi connectivity index (χ3v) is 5.71. The third kappa shape index (κ3) is 4.03. The van der Waals surface area contributed by atoms with E-state index in [-0.39, 0.29) is 12.5 Å². The summed E-state index contributed by atoms with van der Waals surface area (Å²) in [5, 5.41) is 13.1. The molecule has 3 aromatic rings. The number of hydrogen-bond acceptors (Lipinski definition) is 5. The molecule has 1 atom stereocenters. The Morgan fingerprint density at radius 3 is 2.61 bits per heavy atom. The van der Waals surface area contributed by atoms with Crippen LogP contribution in [-0.4, -0.2) is 30.8 Å². The maximum atomic E-state index is 12.5. The lowest BCUT2D eigenvalue weighted by Gasteiger charge is -2.18. The van der Waals surface area contributed by atoms with E-state index in [1.165, 1.54) is 11.3 Å². The van der Waals surface area contributed by atoms with Gasteiger partial charge >= 0.3 is 0 Å². The fraction of sp³-hybridized carbons (Fsp3) is 0.227. The van der Waals surface area contributed by atoms with Crippen molar-refractivity contribution in [2.45, 2.75) is 13.0 Å². The molecule has 2 heterocycles. The molecule has 0 aliphatic carbocycles. The summed E-state index contributed by atoms with van der Waals surface area (Å²) < 4.78 is 11.2. The van der Waals surface area contributed by atoms with Crippen LogP contribution in [0.1, 0.15) is 26.9 Å². The first kappa shape index (κ1) is 18.5. The number of hydrogen-bond donors (Lipinski definition) is 2. The van der Waals surface area contributed by atoms with E-state index in [9.17, 15) is 9.90 Å². The highest BCUT2D eigenvalue weighted by molar-refractivity contribution is 7.17. The van der Waals surface area contributed by atoms with Gasteiger partial charge in [-0.2, -0.15) is 0 Å². The molecule has 144 valence electrons. The first-order chi connectivity index (χ1) is 13.6. The molecule has 0 saturated heterocycles. The Morgan fingerprint density at radius 2 is 1.82 bits per heavy atom. The fourth-order valence-electron chi connectivity index (χ4n) is 2.99. The monoisotopic (exact) mass is 395 g/mol. The van der Waals surface area contributed by atoms with Gasteiger partial charge in [0.1, 0.15) is 13.2 Å². The van der Waals surface area contributed by atoms with Gasteiger partial charge in [-0.15, -0.1) is 11.3 Å². The maximum absolute atomic E-state index is 12.5. The first-order valence-corrected chi connectivity index (χ1v) is 9.94. The van der Waals surface area contributed by atoms with E-state index in [2.05, 4.69) is 5.32 Å². The molecule has 6 heteroatoms. The van der Waals surface area contributed by atoms with Crippen molar-refractivity contribution in [3.05, 3.63) is 70.6 Å². The quantitative estimate of drug-likeness (QED) is 0.686. The number of benzene rings is 2. The molecule has 0 radical (unpaired) electrons. The van der Waals surface area contributed by atoms with Gasteiger partial charge in [0.2, 0.25) is 0 Å². The standard InChI is InChI=1S/C22H21NO4S/c1-14-2-4-15(5-3-14)17(24)13-23-22(25)21-9-8-20(28-21)16-6-7-18-19(12-16)27-11-10-26-18/h2-9,12,17,24H,10-11,13H2,1H3,(H,23,25). The van der Waals surface area contributed by atoms with Crippen LogP contribution in [0.5, 0.6) is 11.5 Å². The van der Waals surface area contributed by atoms with Crippen molar-refractivity contribution in [2.24, 2.45) is 0 Å². The minimum atomic E-state index is -0.734. The van der Waals surface area contributed by atoms with Gasteiger partial charge in [-0.1, -0.05) is 29.8 Å². The predicted molar refractivity (Wildman–Crippen MR) is 109 cm³/mol. The topological polar surface area (TPSA) is 67.8 Å². The maximum Gasteiger partial charge on any atom is 0.261 e. The molecule has 2 N–H and O–H groups in total. The molecule has 1 unspecified atom stereocenters. The highest BCUT2D eigenvalue weighted by atomic mass is 32.1. The summed E-state index contributed by atoms with van der Waals surface area (Å²) in [6.45, 7) is 3.26. The van der Waals surface area contributed by atoms with E-state index in [4.69, 9.17) is 9.47 Å². The lowest BCUT2D eigenvalue weighted by atomic mass is 10.1. The van der Waals surface area contributed by atoms with Gasteiger partial charge in [-0.25, -0.2) is 0 Å². The van der Waals surface area contributed by atoms with Gasteiger partial charge in [-0.3, -0.25) is 4.79 Å². The summed E-state index contributed by atoms with van der Waals surface area (Å²) in [6.07, 6.45) is -0.734. The van der Waals surface area contributed by atoms with Crippen LogP contribution in [0.2, 0.25) is 0 Å². The number of fused-ring (bicyclic) bond motifs is 1. The van der Waals surface area contributed by atoms with E-state index in [1.807, 2.05) is 55.5 Å². The van der Waals surface area contributed by atoms with Crippen LogP contribution in [0, 0.1) is 6.92 Å². The highest BCUT2D eigenvalue weighted by Crippen LogP contribution is 2.36. The summed E-state index contributed by atoms with van der Waals surface area (Å²) in [5.41, 5.74) is 2.90. The van der Waals surface area contributed by atoms with Gasteiger partial charge in [-0.05, 0) is 48.4 Å². The first-order valence-electron chi connectivity index (χ1n) is 9.13. The molecule has 0 fully saturated rings. The zero-order valence-electron chi connectivity index (χ0n) is 15.5. The second-order valence-electron chi connectivity index (χ2n) is 6.66. The third-order valence-electron chi connectivity index (χ3n) is 4.57. The zero-order valence-corrected chi connectivity index (χ0v) is 16.3. The molecule has 1 aromatic heterocycles. The van der Waals surface area contributed by atoms with E-state index in [0.29, 0.717) is 18.1 Å². The van der Waals surface area contributed by atoms with Crippen molar-refractivity contribution in [3.8, 4) is 21.9 Å². The van der Waals surface area contributed by atoms with Crippen LogP contribution < -0.4 is 14.8 Å². The van der Waals surface area contributed by atoms with Gasteiger partial charge in [0.05, 0.1) is 11.0 Å². The number of aliphatic hydroxyl groups excluding tert-OH is 1. The number of amides is 1. The SMILES string of the molecule is Cc1ccc(C(O)CNC(=O)c2ccc(-c3ccc4c(c3)OCCO4)s2)cc1. The van der Waals surface area contributed by atoms with Crippen LogP contribution in [0.25, 0.3) is 10.4 Å². The molecule has 1 aliphatic rings. The molecule has 0 bridgehead atoms. The Labute approximate surface area is 167 Å². The van der Waals surface area contributed by atoms with E-state index < -0.39 is 6.10 Å². The molecule has 2 aromatic carbocycles. The number of nitrogens with one attached hydrogen (secondary N) is 1. The molecule has 0 saturated carbocycles. The van der Waals surface area contributed by atoms with Crippen molar-refractivity contribution in [1.29, 1.82) is 0 Å². The number of thiophene rings is 1. The number of carbonyl (C=O) groups is 1. The Kier molecular flexibility index (Phi) is 5.32. The number of ether oxygens (including phenoxy) is 2. The molecule has 4 rings (SSSR count). The number of aliphatic hydroxyl groups is 1. The van der Waals surface area contributed by atoms with Crippen molar-refractivity contribution < 1.29 is 19.4 Å². The number of carbonyl (C=O) groups excluding carboxylic acids is 1. The average molecular weight is 395 g/mol. The summed E-state index contributed by atoms with van der Waals surface area (Å²) in [4.78, 5) is 14.0. The zero-order chi connectivity index (χ0) is 19.5. The second-order valence-corrected chi connectivity index (χ2v) is 7.74. The van der Waals surface area contributed by atoms with Crippen molar-refractivity contribution in [2.75, 3.05) is 19.8 Å². The van der Waals surface area contributed by atoms with Crippen LogP contribution in [0.4, 0.5) is 0 Å². The fourth-order valence-corrected chi connectivity index (χ4v) is 3.91. The Morgan fingerprint density at radius 1 is 1.07 bits per heavy atom. The van der Waals surface area contributed by atoms with Gasteiger partial charge in [0, 0.05) is 11.4 Å². The number of aryl methyl sites for hydroxylation is 1. The summed E-state index contributed by atoms with van der Waals surface area (Å²) >= 11 is 1.40. The minimum Gasteiger partial charge on any atom is -0.486 e. The van der Waals surface area contributed by atoms with Crippen LogP contribution in [-0.2, 0) is 0 Å². The van der Waals surface area contributed by atoms with Crippen LogP contribution in [0.3, 0.4) is 0 Å². The molecule has 1 aliphatic heterocycles. The van der Waals surface area contributed by atoms with Gasteiger partial charge in [0.15, 0.2) is 11.5 Å². The van der Waals surface area contributed by atoms with Crippen molar-refractivity contribution >= 4 is 17.2 Å². The molecule has 1 amide bonds. The molecule has 5 nitrogen and oxygen atoms in total. The molecular weight excluding hydrogens is 374 g/mol. The van der Waals surface area contributed by atoms with Crippen molar-refractivity contribution in [3.63, 3.8) is 0 Å². The van der Waals surface area contributed by atoms with Gasteiger partial charge < -0.3 is 19.9 Å². The Bertz CT molecular complexity index is 980. The Balaban J connectivity index is 1.41. The predicted octanol–water partition coefficient (Wildman–Crippen LogP) is 3.96. The summed E-state index contributed by atoms with van der Waals surface area (Å²) in [7, 11) is 0. The average Bonchev–Trinajstić information content (AvgIpc) is 3.22. The van der Waals surface area contributed by atoms with Gasteiger partial charge in [0.25, 0.3) is 5.91 Å². The Hall–Kier alpha value is -2.83. The molecule has 0 spiro atoms. The lowest BCUT2D eigenvalue weighted by molar-refractivity contribution is 0.0920. The van der Waals surface area contributed by atoms with Crippen LogP contribution in [0.15, 0.2) is 54.6 Å². The van der Waals surface area contributed by atoms with E-state index in [0.717, 1.165) is 33.1 Å². The molecular formula is C22H21NO4S. The normalized spacial score (nSPS) is 13.8. The van der Waals surface area contributed by atoms with E-state index >= 15 is 0 Å².